The summed E-state index contributed by atoms with van der Waals surface area (Å²) < 4.78 is 18.2. The van der Waals surface area contributed by atoms with Gasteiger partial charge in [-0.3, -0.25) is 9.59 Å². The molecule has 0 aromatic rings. The van der Waals surface area contributed by atoms with Crippen molar-refractivity contribution in [1.82, 2.24) is 0 Å². The van der Waals surface area contributed by atoms with Gasteiger partial charge in [0.25, 0.3) is 0 Å². The van der Waals surface area contributed by atoms with Gasteiger partial charge in [-0.2, -0.15) is 0 Å². The standard InChI is InChI=1S/C30H50O10/c1-15(2)27(37)40-26-19(38-28-25(36)24(35)23(34)20(14-31)39-28)13-30(7)18(10-8-16(3)12-22(32)33)17(4)9-11-21(30)29(26,5)6/h9,15-16,18-21,23-26,28,31,34-36H,8,10-14H2,1-7H3,(H,32,33)/t16-,18+,19-,20+,21+,23+,24-,25+,26+,28+,30-/m0/s1. The van der Waals surface area contributed by atoms with Crippen molar-refractivity contribution in [3.05, 3.63) is 11.6 Å². The number of allylic oxidation sites excluding steroid dienone is 2. The quantitative estimate of drug-likeness (QED) is 0.195. The van der Waals surface area contributed by atoms with Gasteiger partial charge in [0.1, 0.15) is 30.5 Å². The van der Waals surface area contributed by atoms with Gasteiger partial charge in [0.05, 0.1) is 18.6 Å². The fourth-order valence-electron chi connectivity index (χ4n) is 7.50. The summed E-state index contributed by atoms with van der Waals surface area (Å²) in [5, 5.41) is 50.3. The van der Waals surface area contributed by atoms with Gasteiger partial charge in [-0.25, -0.2) is 0 Å². The first-order valence-electron chi connectivity index (χ1n) is 14.6. The Morgan fingerprint density at radius 1 is 1.10 bits per heavy atom. The summed E-state index contributed by atoms with van der Waals surface area (Å²) in [6.45, 7) is 13.4. The Labute approximate surface area is 237 Å². The second-order valence-electron chi connectivity index (χ2n) is 13.5. The second-order valence-corrected chi connectivity index (χ2v) is 13.5. The normalized spacial score (nSPS) is 40.2. The first-order chi connectivity index (χ1) is 18.5. The third-order valence-electron chi connectivity index (χ3n) is 9.77. The molecule has 5 N–H and O–H groups in total. The topological polar surface area (TPSA) is 163 Å². The lowest BCUT2D eigenvalue weighted by atomic mass is 9.46. The van der Waals surface area contributed by atoms with E-state index in [1.165, 1.54) is 5.57 Å². The third kappa shape index (κ3) is 6.57. The molecule has 1 saturated carbocycles. The average molecular weight is 571 g/mol. The molecule has 0 bridgehead atoms. The molecule has 1 heterocycles. The van der Waals surface area contributed by atoms with Crippen molar-refractivity contribution in [2.45, 2.75) is 123 Å². The molecule has 0 spiro atoms. The third-order valence-corrected chi connectivity index (χ3v) is 9.77. The Balaban J connectivity index is 1.98. The molecule has 10 nitrogen and oxygen atoms in total. The maximum absolute atomic E-state index is 12.9. The van der Waals surface area contributed by atoms with Crippen LogP contribution >= 0.6 is 0 Å². The van der Waals surface area contributed by atoms with Crippen molar-refractivity contribution >= 4 is 11.9 Å². The van der Waals surface area contributed by atoms with Crippen LogP contribution in [0.2, 0.25) is 0 Å². The first-order valence-corrected chi connectivity index (χ1v) is 14.6. The van der Waals surface area contributed by atoms with E-state index in [-0.39, 0.29) is 41.5 Å². The number of carbonyl (C=O) groups is 2. The Hall–Kier alpha value is -1.56. The molecule has 2 aliphatic carbocycles. The number of hydrogen-bond donors (Lipinski definition) is 5. The number of aliphatic carboxylic acids is 1. The van der Waals surface area contributed by atoms with Crippen LogP contribution in [-0.2, 0) is 23.8 Å². The van der Waals surface area contributed by atoms with Gasteiger partial charge in [-0.05, 0) is 55.8 Å². The highest BCUT2D eigenvalue weighted by molar-refractivity contribution is 5.71. The van der Waals surface area contributed by atoms with Crippen molar-refractivity contribution in [3.63, 3.8) is 0 Å². The van der Waals surface area contributed by atoms with Crippen molar-refractivity contribution in [3.8, 4) is 0 Å². The minimum absolute atomic E-state index is 0.0202. The van der Waals surface area contributed by atoms with E-state index in [1.54, 1.807) is 13.8 Å². The van der Waals surface area contributed by atoms with Gasteiger partial charge in [0.2, 0.25) is 0 Å². The molecular formula is C30H50O10. The van der Waals surface area contributed by atoms with Crippen LogP contribution in [0.5, 0.6) is 0 Å². The fraction of sp³-hybridized carbons (Fsp3) is 0.867. The molecule has 0 amide bonds. The van der Waals surface area contributed by atoms with E-state index in [9.17, 15) is 35.1 Å². The number of fused-ring (bicyclic) bond motifs is 1. The lowest BCUT2D eigenvalue weighted by Crippen LogP contribution is -2.64. The van der Waals surface area contributed by atoms with Gasteiger partial charge in [0.15, 0.2) is 6.29 Å². The minimum Gasteiger partial charge on any atom is -0.481 e. The fourth-order valence-corrected chi connectivity index (χ4v) is 7.50. The molecule has 0 aromatic carbocycles. The Morgan fingerprint density at radius 2 is 1.75 bits per heavy atom. The summed E-state index contributed by atoms with van der Waals surface area (Å²) in [5.41, 5.74) is 0.366. The molecule has 0 radical (unpaired) electrons. The van der Waals surface area contributed by atoms with Crippen molar-refractivity contribution in [1.29, 1.82) is 0 Å². The minimum atomic E-state index is -1.59. The van der Waals surface area contributed by atoms with Crippen molar-refractivity contribution < 1.29 is 49.3 Å². The SMILES string of the molecule is CC1=CC[C@@H]2C(C)(C)[C@H](OC(=O)C(C)C)[C@@H](O[C@@H]3O[C@H](CO)[C@@H](O)[C@H](O)[C@H]3O)C[C@@]2(C)[C@@H]1CC[C@H](C)CC(=O)O. The molecule has 1 saturated heterocycles. The van der Waals surface area contributed by atoms with E-state index in [0.717, 1.165) is 19.3 Å². The number of carboxylic acids is 1. The summed E-state index contributed by atoms with van der Waals surface area (Å²) in [6, 6.07) is 0. The zero-order valence-electron chi connectivity index (χ0n) is 24.9. The molecule has 40 heavy (non-hydrogen) atoms. The highest BCUT2D eigenvalue weighted by atomic mass is 16.7. The summed E-state index contributed by atoms with van der Waals surface area (Å²) in [5.74, 6) is -1.28. The molecule has 11 atom stereocenters. The lowest BCUT2D eigenvalue weighted by molar-refractivity contribution is -0.331. The number of hydrogen-bond acceptors (Lipinski definition) is 9. The summed E-state index contributed by atoms with van der Waals surface area (Å²) >= 11 is 0. The van der Waals surface area contributed by atoms with E-state index >= 15 is 0 Å². The van der Waals surface area contributed by atoms with E-state index in [0.29, 0.717) is 6.42 Å². The van der Waals surface area contributed by atoms with Crippen molar-refractivity contribution in [2.75, 3.05) is 6.61 Å². The van der Waals surface area contributed by atoms with Gasteiger partial charge in [-0.15, -0.1) is 0 Å². The van der Waals surface area contributed by atoms with E-state index in [4.69, 9.17) is 14.2 Å². The average Bonchev–Trinajstić information content (AvgIpc) is 2.85. The van der Waals surface area contributed by atoms with Crippen LogP contribution in [-0.4, -0.2) is 87.0 Å². The molecule has 0 unspecified atom stereocenters. The molecule has 230 valence electrons. The number of carboxylic acid groups (broad SMARTS) is 1. The van der Waals surface area contributed by atoms with Gasteiger partial charge in [-0.1, -0.05) is 53.2 Å². The number of esters is 1. The molecule has 2 fully saturated rings. The predicted molar refractivity (Wildman–Crippen MR) is 146 cm³/mol. The predicted octanol–water partition coefficient (Wildman–Crippen LogP) is 2.65. The molecular weight excluding hydrogens is 520 g/mol. The van der Waals surface area contributed by atoms with Crippen LogP contribution in [0.3, 0.4) is 0 Å². The van der Waals surface area contributed by atoms with Crippen molar-refractivity contribution in [2.24, 2.45) is 34.5 Å². The van der Waals surface area contributed by atoms with Crippen LogP contribution in [0.1, 0.15) is 80.6 Å². The largest absolute Gasteiger partial charge is 0.481 e. The Kier molecular flexibility index (Phi) is 10.5. The number of aliphatic hydroxyl groups excluding tert-OH is 4. The Morgan fingerprint density at radius 3 is 2.33 bits per heavy atom. The molecule has 10 heteroatoms. The maximum atomic E-state index is 12.9. The smallest absolute Gasteiger partial charge is 0.308 e. The summed E-state index contributed by atoms with van der Waals surface area (Å²) in [4.78, 5) is 24.2. The van der Waals surface area contributed by atoms with Gasteiger partial charge >= 0.3 is 11.9 Å². The van der Waals surface area contributed by atoms with Crippen LogP contribution in [0.25, 0.3) is 0 Å². The van der Waals surface area contributed by atoms with Gasteiger partial charge in [0, 0.05) is 11.8 Å². The van der Waals surface area contributed by atoms with E-state index in [2.05, 4.69) is 33.8 Å². The molecule has 1 aliphatic heterocycles. The second kappa shape index (κ2) is 12.8. The van der Waals surface area contributed by atoms with Crippen LogP contribution in [0, 0.1) is 34.5 Å². The number of rotatable bonds is 10. The highest BCUT2D eigenvalue weighted by Crippen LogP contribution is 2.62. The van der Waals surface area contributed by atoms with E-state index in [1.807, 2.05) is 6.92 Å². The van der Waals surface area contributed by atoms with Crippen LogP contribution in [0.4, 0.5) is 0 Å². The maximum Gasteiger partial charge on any atom is 0.308 e. The molecule has 3 aliphatic rings. The zero-order chi connectivity index (χ0) is 30.2. The molecule has 3 rings (SSSR count). The number of ether oxygens (including phenoxy) is 3. The Bertz CT molecular complexity index is 929. The molecule has 0 aromatic heterocycles. The monoisotopic (exact) mass is 570 g/mol. The lowest BCUT2D eigenvalue weighted by Gasteiger charge is -2.61. The zero-order valence-corrected chi connectivity index (χ0v) is 24.9. The van der Waals surface area contributed by atoms with E-state index < -0.39 is 60.9 Å². The summed E-state index contributed by atoms with van der Waals surface area (Å²) in [7, 11) is 0. The number of carbonyl (C=O) groups excluding carboxylic acids is 1. The van der Waals surface area contributed by atoms with Crippen LogP contribution in [0.15, 0.2) is 11.6 Å². The summed E-state index contributed by atoms with van der Waals surface area (Å²) in [6.07, 6.45) is -3.40. The van der Waals surface area contributed by atoms with Crippen LogP contribution < -0.4 is 0 Å². The van der Waals surface area contributed by atoms with Gasteiger partial charge < -0.3 is 39.7 Å². The number of aliphatic hydroxyl groups is 4. The first kappa shape index (κ1) is 32.9. The highest BCUT2D eigenvalue weighted by Gasteiger charge is 2.61.